The summed E-state index contributed by atoms with van der Waals surface area (Å²) in [6.45, 7) is 5.93. The standard InChI is InChI=1S/C7H7F.C6H8.C2H6/c1-6-2-4-7(8)5-3-6;1-2-5-4-6(5)3-1;1-2/h2-5H,1H3;2,6H,1,3-4H2;1-2H3. The third-order valence-corrected chi connectivity index (χ3v) is 2.78. The molecular weight excluding hydrogens is 199 g/mol. The maximum absolute atomic E-state index is 12.1. The van der Waals surface area contributed by atoms with E-state index in [0.717, 1.165) is 11.5 Å². The third-order valence-electron chi connectivity index (χ3n) is 2.78. The van der Waals surface area contributed by atoms with Crippen LogP contribution in [-0.2, 0) is 0 Å². The van der Waals surface area contributed by atoms with Gasteiger partial charge in [-0.15, -0.1) is 0 Å². The van der Waals surface area contributed by atoms with Crippen molar-refractivity contribution < 1.29 is 4.39 Å². The van der Waals surface area contributed by atoms with Gasteiger partial charge in [0.05, 0.1) is 0 Å². The Morgan fingerprint density at radius 2 is 1.75 bits per heavy atom. The van der Waals surface area contributed by atoms with Crippen LogP contribution in [0.3, 0.4) is 0 Å². The van der Waals surface area contributed by atoms with E-state index in [4.69, 9.17) is 0 Å². The lowest BCUT2D eigenvalue weighted by Gasteiger charge is -1.87. The summed E-state index contributed by atoms with van der Waals surface area (Å²) in [4.78, 5) is 0. The monoisotopic (exact) mass is 220 g/mol. The Kier molecular flexibility index (Phi) is 5.24. The van der Waals surface area contributed by atoms with Gasteiger partial charge in [-0.3, -0.25) is 0 Å². The second-order valence-electron chi connectivity index (χ2n) is 4.05. The van der Waals surface area contributed by atoms with Crippen LogP contribution in [-0.4, -0.2) is 0 Å². The Hall–Kier alpha value is -1.11. The molecule has 1 saturated carbocycles. The van der Waals surface area contributed by atoms with Gasteiger partial charge >= 0.3 is 0 Å². The van der Waals surface area contributed by atoms with Crippen LogP contribution in [0.1, 0.15) is 38.7 Å². The van der Waals surface area contributed by atoms with Crippen molar-refractivity contribution in [1.82, 2.24) is 0 Å². The van der Waals surface area contributed by atoms with Gasteiger partial charge < -0.3 is 0 Å². The van der Waals surface area contributed by atoms with Gasteiger partial charge in [-0.1, -0.05) is 43.2 Å². The van der Waals surface area contributed by atoms with Crippen LogP contribution in [0.15, 0.2) is 35.9 Å². The van der Waals surface area contributed by atoms with Crippen molar-refractivity contribution in [2.24, 2.45) is 5.92 Å². The predicted molar refractivity (Wildman–Crippen MR) is 67.9 cm³/mol. The van der Waals surface area contributed by atoms with E-state index in [9.17, 15) is 4.39 Å². The molecule has 1 unspecified atom stereocenters. The smallest absolute Gasteiger partial charge is 0.123 e. The van der Waals surface area contributed by atoms with E-state index in [1.165, 1.54) is 31.4 Å². The van der Waals surface area contributed by atoms with Gasteiger partial charge in [-0.25, -0.2) is 4.39 Å². The van der Waals surface area contributed by atoms with Crippen molar-refractivity contribution in [3.63, 3.8) is 0 Å². The maximum atomic E-state index is 12.1. The molecule has 0 amide bonds. The van der Waals surface area contributed by atoms with E-state index >= 15 is 0 Å². The summed E-state index contributed by atoms with van der Waals surface area (Å²) >= 11 is 0. The summed E-state index contributed by atoms with van der Waals surface area (Å²) in [5, 5.41) is 0. The minimum absolute atomic E-state index is 0.171. The number of allylic oxidation sites excluding steroid dienone is 2. The second kappa shape index (κ2) is 6.47. The molecule has 1 atom stereocenters. The zero-order valence-corrected chi connectivity index (χ0v) is 10.5. The van der Waals surface area contributed by atoms with Crippen molar-refractivity contribution in [1.29, 1.82) is 0 Å². The highest BCUT2D eigenvalue weighted by Gasteiger charge is 2.31. The molecule has 0 saturated heterocycles. The Balaban J connectivity index is 0.000000142. The molecule has 0 radical (unpaired) electrons. The third kappa shape index (κ3) is 4.18. The number of aryl methyl sites for hydroxylation is 1. The lowest BCUT2D eigenvalue weighted by Crippen LogP contribution is -1.71. The molecule has 3 rings (SSSR count). The molecule has 0 aromatic heterocycles. The molecule has 2 aliphatic carbocycles. The molecule has 88 valence electrons. The Bertz CT molecular complexity index is 314. The molecule has 2 aliphatic rings. The van der Waals surface area contributed by atoms with Crippen molar-refractivity contribution in [2.75, 3.05) is 0 Å². The average molecular weight is 220 g/mol. The number of fused-ring (bicyclic) bond motifs is 1. The van der Waals surface area contributed by atoms with E-state index in [1.54, 1.807) is 17.7 Å². The van der Waals surface area contributed by atoms with E-state index < -0.39 is 0 Å². The highest BCUT2D eigenvalue weighted by molar-refractivity contribution is 5.27. The van der Waals surface area contributed by atoms with Crippen LogP contribution < -0.4 is 0 Å². The molecule has 1 heteroatoms. The lowest BCUT2D eigenvalue weighted by atomic mass is 10.2. The quantitative estimate of drug-likeness (QED) is 0.546. The highest BCUT2D eigenvalue weighted by atomic mass is 19.1. The molecular formula is C15H21F. The summed E-state index contributed by atoms with van der Waals surface area (Å²) in [5.41, 5.74) is 2.83. The van der Waals surface area contributed by atoms with Gasteiger partial charge in [-0.2, -0.15) is 0 Å². The maximum Gasteiger partial charge on any atom is 0.123 e. The van der Waals surface area contributed by atoms with Gasteiger partial charge in [0.25, 0.3) is 0 Å². The molecule has 0 nitrogen and oxygen atoms in total. The molecule has 0 bridgehead atoms. The zero-order valence-electron chi connectivity index (χ0n) is 10.5. The van der Waals surface area contributed by atoms with E-state index in [2.05, 4.69) is 6.08 Å². The Morgan fingerprint density at radius 1 is 1.12 bits per heavy atom. The summed E-state index contributed by atoms with van der Waals surface area (Å²) < 4.78 is 12.1. The lowest BCUT2D eigenvalue weighted by molar-refractivity contribution is 0.627. The first-order valence-electron chi connectivity index (χ1n) is 6.17. The van der Waals surface area contributed by atoms with Crippen molar-refractivity contribution in [3.8, 4) is 0 Å². The summed E-state index contributed by atoms with van der Waals surface area (Å²) in [6, 6.07) is 6.40. The van der Waals surface area contributed by atoms with Gasteiger partial charge in [0.15, 0.2) is 0 Å². The molecule has 1 fully saturated rings. The van der Waals surface area contributed by atoms with Crippen LogP contribution in [0.5, 0.6) is 0 Å². The van der Waals surface area contributed by atoms with Gasteiger partial charge in [0.1, 0.15) is 5.82 Å². The fourth-order valence-electron chi connectivity index (χ4n) is 1.77. The van der Waals surface area contributed by atoms with Gasteiger partial charge in [0, 0.05) is 0 Å². The SMILES string of the molecule is C1=C2CC2CC1.CC.Cc1ccc(F)cc1. The Morgan fingerprint density at radius 3 is 2.00 bits per heavy atom. The fraction of sp³-hybridized carbons (Fsp3) is 0.467. The van der Waals surface area contributed by atoms with Gasteiger partial charge in [-0.05, 0) is 44.2 Å². The molecule has 0 aliphatic heterocycles. The van der Waals surface area contributed by atoms with Gasteiger partial charge in [0.2, 0.25) is 0 Å². The first-order chi connectivity index (χ1) is 7.75. The van der Waals surface area contributed by atoms with Crippen molar-refractivity contribution in [2.45, 2.75) is 40.0 Å². The van der Waals surface area contributed by atoms with Crippen LogP contribution in [0.2, 0.25) is 0 Å². The van der Waals surface area contributed by atoms with Crippen LogP contribution in [0, 0.1) is 18.7 Å². The first kappa shape index (κ1) is 13.0. The molecule has 0 heterocycles. The van der Waals surface area contributed by atoms with E-state index in [1.807, 2.05) is 20.8 Å². The molecule has 0 spiro atoms. The van der Waals surface area contributed by atoms with E-state index in [-0.39, 0.29) is 5.82 Å². The van der Waals surface area contributed by atoms with Crippen molar-refractivity contribution >= 4 is 0 Å². The first-order valence-corrected chi connectivity index (χ1v) is 6.17. The van der Waals surface area contributed by atoms with Crippen LogP contribution in [0.4, 0.5) is 4.39 Å². The Labute approximate surface area is 98.2 Å². The number of hydrogen-bond donors (Lipinski definition) is 0. The number of rotatable bonds is 0. The van der Waals surface area contributed by atoms with Crippen LogP contribution in [0.25, 0.3) is 0 Å². The molecule has 0 N–H and O–H groups in total. The second-order valence-corrected chi connectivity index (χ2v) is 4.05. The zero-order chi connectivity index (χ0) is 12.0. The van der Waals surface area contributed by atoms with E-state index in [0.29, 0.717) is 0 Å². The summed E-state index contributed by atoms with van der Waals surface area (Å²) in [7, 11) is 0. The highest BCUT2D eigenvalue weighted by Crippen LogP contribution is 2.46. The molecule has 16 heavy (non-hydrogen) atoms. The fourth-order valence-corrected chi connectivity index (χ4v) is 1.77. The van der Waals surface area contributed by atoms with Crippen LogP contribution >= 0.6 is 0 Å². The molecule has 1 aromatic carbocycles. The summed E-state index contributed by atoms with van der Waals surface area (Å²) in [5.74, 6) is 0.903. The minimum Gasteiger partial charge on any atom is -0.207 e. The predicted octanol–water partition coefficient (Wildman–Crippen LogP) is 4.89. The number of hydrogen-bond acceptors (Lipinski definition) is 0. The largest absolute Gasteiger partial charge is 0.207 e. The summed E-state index contributed by atoms with van der Waals surface area (Å²) in [6.07, 6.45) is 6.68. The number of halogens is 1. The number of benzene rings is 1. The topological polar surface area (TPSA) is 0 Å². The normalized spacial score (nSPS) is 19.5. The molecule has 1 aromatic rings. The minimum atomic E-state index is -0.171. The average Bonchev–Trinajstić information content (AvgIpc) is 2.94. The van der Waals surface area contributed by atoms with Crippen molar-refractivity contribution in [3.05, 3.63) is 47.3 Å².